The number of hydrogen-bond acceptors (Lipinski definition) is 6. The fourth-order valence-corrected chi connectivity index (χ4v) is 4.21. The number of nitrogens with zero attached hydrogens (tertiary/aromatic N) is 2. The molecule has 0 aliphatic rings. The lowest BCUT2D eigenvalue weighted by molar-refractivity contribution is 0.0678. The highest BCUT2D eigenvalue weighted by molar-refractivity contribution is 7.09. The van der Waals surface area contributed by atoms with Crippen LogP contribution in [0.2, 0.25) is 0 Å². The zero-order chi connectivity index (χ0) is 23.0. The number of carbonyl (C=O) groups excluding carboxylic acids is 1. The van der Waals surface area contributed by atoms with E-state index in [4.69, 9.17) is 19.2 Å². The van der Waals surface area contributed by atoms with E-state index in [2.05, 4.69) is 18.2 Å². The number of fused-ring (bicyclic) bond motifs is 1. The van der Waals surface area contributed by atoms with Gasteiger partial charge in [-0.1, -0.05) is 36.4 Å². The molecule has 1 amide bonds. The van der Waals surface area contributed by atoms with E-state index in [9.17, 15) is 4.79 Å². The molecule has 0 saturated carbocycles. The van der Waals surface area contributed by atoms with Crippen LogP contribution in [0.25, 0.3) is 10.8 Å². The maximum absolute atomic E-state index is 13.1. The summed E-state index contributed by atoms with van der Waals surface area (Å²) in [5, 5.41) is 5.05. The number of ether oxygens (including phenoxy) is 3. The molecule has 1 aromatic heterocycles. The van der Waals surface area contributed by atoms with Crippen LogP contribution in [-0.2, 0) is 17.9 Å². The first-order chi connectivity index (χ1) is 16.2. The molecule has 1 heterocycles. The lowest BCUT2D eigenvalue weighted by Gasteiger charge is -2.21. The van der Waals surface area contributed by atoms with Crippen molar-refractivity contribution in [2.75, 3.05) is 27.4 Å². The summed E-state index contributed by atoms with van der Waals surface area (Å²) < 4.78 is 16.5. The molecule has 0 N–H and O–H groups in total. The van der Waals surface area contributed by atoms with Crippen molar-refractivity contribution < 1.29 is 19.0 Å². The van der Waals surface area contributed by atoms with E-state index in [1.165, 1.54) is 11.3 Å². The van der Waals surface area contributed by atoms with Gasteiger partial charge in [-0.3, -0.25) is 4.79 Å². The van der Waals surface area contributed by atoms with Gasteiger partial charge in [0.05, 0.1) is 26.0 Å². The van der Waals surface area contributed by atoms with Crippen LogP contribution >= 0.6 is 11.3 Å². The smallest absolute Gasteiger partial charge is 0.254 e. The summed E-state index contributed by atoms with van der Waals surface area (Å²) in [4.78, 5) is 19.5. The second-order valence-electron chi connectivity index (χ2n) is 7.45. The molecule has 170 valence electrons. The fourth-order valence-electron chi connectivity index (χ4n) is 3.51. The van der Waals surface area contributed by atoms with Gasteiger partial charge in [0.25, 0.3) is 5.91 Å². The summed E-state index contributed by atoms with van der Waals surface area (Å²) in [6.45, 7) is 1.70. The Labute approximate surface area is 197 Å². The van der Waals surface area contributed by atoms with Crippen molar-refractivity contribution in [2.24, 2.45) is 0 Å². The van der Waals surface area contributed by atoms with Crippen molar-refractivity contribution in [1.82, 2.24) is 9.88 Å². The SMILES string of the molecule is COCCN(Cc1csc(COc2cccc3ccccc23)n1)C(=O)c1ccc(OC)cc1. The Morgan fingerprint density at radius 3 is 2.58 bits per heavy atom. The van der Waals surface area contributed by atoms with Gasteiger partial charge >= 0.3 is 0 Å². The molecule has 0 fully saturated rings. The third kappa shape index (κ3) is 5.69. The number of rotatable bonds is 10. The third-order valence-corrected chi connectivity index (χ3v) is 6.11. The van der Waals surface area contributed by atoms with Gasteiger partial charge in [-0.15, -0.1) is 11.3 Å². The van der Waals surface area contributed by atoms with Crippen molar-refractivity contribution in [3.63, 3.8) is 0 Å². The number of amides is 1. The van der Waals surface area contributed by atoms with E-state index in [0.29, 0.717) is 37.6 Å². The van der Waals surface area contributed by atoms with E-state index < -0.39 is 0 Å². The van der Waals surface area contributed by atoms with Gasteiger partial charge in [-0.05, 0) is 35.7 Å². The van der Waals surface area contributed by atoms with Gasteiger partial charge in [0.2, 0.25) is 0 Å². The second-order valence-corrected chi connectivity index (χ2v) is 8.39. The predicted molar refractivity (Wildman–Crippen MR) is 130 cm³/mol. The zero-order valence-corrected chi connectivity index (χ0v) is 19.5. The Morgan fingerprint density at radius 2 is 1.79 bits per heavy atom. The molecule has 0 atom stereocenters. The van der Waals surface area contributed by atoms with Gasteiger partial charge in [0, 0.05) is 30.0 Å². The van der Waals surface area contributed by atoms with Crippen LogP contribution in [0.1, 0.15) is 21.1 Å². The van der Waals surface area contributed by atoms with E-state index in [0.717, 1.165) is 27.2 Å². The summed E-state index contributed by atoms with van der Waals surface area (Å²) >= 11 is 1.53. The lowest BCUT2D eigenvalue weighted by atomic mass is 10.1. The molecule has 0 spiro atoms. The summed E-state index contributed by atoms with van der Waals surface area (Å²) in [6, 6.07) is 21.3. The standard InChI is InChI=1S/C26H26N2O4S/c1-30-15-14-28(26(29)20-10-12-22(31-2)13-11-20)16-21-18-33-25(27-21)17-32-24-9-5-7-19-6-3-4-8-23(19)24/h3-13,18H,14-17H2,1-2H3. The summed E-state index contributed by atoms with van der Waals surface area (Å²) in [7, 11) is 3.23. The molecule has 0 saturated heterocycles. The monoisotopic (exact) mass is 462 g/mol. The Kier molecular flexibility index (Phi) is 7.55. The van der Waals surface area contributed by atoms with Crippen molar-refractivity contribution in [2.45, 2.75) is 13.2 Å². The van der Waals surface area contributed by atoms with Crippen molar-refractivity contribution in [3.05, 3.63) is 88.4 Å². The Bertz CT molecular complexity index is 1200. The number of aromatic nitrogens is 1. The maximum atomic E-state index is 13.1. The quantitative estimate of drug-likeness (QED) is 0.325. The molecule has 0 radical (unpaired) electrons. The first-order valence-electron chi connectivity index (χ1n) is 10.6. The third-order valence-electron chi connectivity index (χ3n) is 5.24. The van der Waals surface area contributed by atoms with Crippen LogP contribution < -0.4 is 9.47 Å². The van der Waals surface area contributed by atoms with E-state index in [1.807, 2.05) is 29.6 Å². The van der Waals surface area contributed by atoms with Crippen molar-refractivity contribution in [1.29, 1.82) is 0 Å². The molecular formula is C26H26N2O4S. The topological polar surface area (TPSA) is 60.9 Å². The maximum Gasteiger partial charge on any atom is 0.254 e. The number of methoxy groups -OCH3 is 2. The van der Waals surface area contributed by atoms with Crippen molar-refractivity contribution >= 4 is 28.0 Å². The normalized spacial score (nSPS) is 10.8. The average molecular weight is 463 g/mol. The van der Waals surface area contributed by atoms with Gasteiger partial charge in [-0.2, -0.15) is 0 Å². The minimum Gasteiger partial charge on any atom is -0.497 e. The van der Waals surface area contributed by atoms with Crippen LogP contribution in [0.5, 0.6) is 11.5 Å². The summed E-state index contributed by atoms with van der Waals surface area (Å²) in [6.07, 6.45) is 0. The summed E-state index contributed by atoms with van der Waals surface area (Å²) in [5.74, 6) is 1.47. The second kappa shape index (κ2) is 10.9. The van der Waals surface area contributed by atoms with E-state index >= 15 is 0 Å². The fraction of sp³-hybridized carbons (Fsp3) is 0.231. The largest absolute Gasteiger partial charge is 0.497 e. The molecule has 0 aliphatic carbocycles. The number of thiazole rings is 1. The first-order valence-corrected chi connectivity index (χ1v) is 11.5. The molecular weight excluding hydrogens is 436 g/mol. The van der Waals surface area contributed by atoms with Crippen molar-refractivity contribution in [3.8, 4) is 11.5 Å². The minimum atomic E-state index is -0.0729. The van der Waals surface area contributed by atoms with Crippen LogP contribution in [0.15, 0.2) is 72.1 Å². The van der Waals surface area contributed by atoms with Gasteiger partial charge in [-0.25, -0.2) is 4.98 Å². The van der Waals surface area contributed by atoms with E-state index in [-0.39, 0.29) is 5.91 Å². The number of hydrogen-bond donors (Lipinski definition) is 0. The Morgan fingerprint density at radius 1 is 1.00 bits per heavy atom. The lowest BCUT2D eigenvalue weighted by Crippen LogP contribution is -2.33. The molecule has 6 nitrogen and oxygen atoms in total. The molecule has 0 unspecified atom stereocenters. The average Bonchev–Trinajstić information content (AvgIpc) is 3.32. The van der Waals surface area contributed by atoms with Crippen LogP contribution in [0, 0.1) is 0 Å². The Hall–Kier alpha value is -3.42. The molecule has 4 rings (SSSR count). The summed E-state index contributed by atoms with van der Waals surface area (Å²) in [5.41, 5.74) is 1.43. The molecule has 4 aromatic rings. The highest BCUT2D eigenvalue weighted by Gasteiger charge is 2.18. The highest BCUT2D eigenvalue weighted by atomic mass is 32.1. The predicted octanol–water partition coefficient (Wildman–Crippen LogP) is 5.17. The van der Waals surface area contributed by atoms with E-state index in [1.54, 1.807) is 43.4 Å². The van der Waals surface area contributed by atoms with Crippen LogP contribution in [0.3, 0.4) is 0 Å². The van der Waals surface area contributed by atoms with Gasteiger partial charge in [0.15, 0.2) is 0 Å². The number of carbonyl (C=O) groups is 1. The van der Waals surface area contributed by atoms with Crippen LogP contribution in [0.4, 0.5) is 0 Å². The number of benzene rings is 3. The first kappa shape index (κ1) is 22.8. The molecule has 0 aliphatic heterocycles. The Balaban J connectivity index is 1.43. The zero-order valence-electron chi connectivity index (χ0n) is 18.7. The molecule has 3 aromatic carbocycles. The van der Waals surface area contributed by atoms with Gasteiger partial charge in [0.1, 0.15) is 23.1 Å². The van der Waals surface area contributed by atoms with Gasteiger partial charge < -0.3 is 19.1 Å². The minimum absolute atomic E-state index is 0.0729. The molecule has 0 bridgehead atoms. The van der Waals surface area contributed by atoms with Crippen LogP contribution in [-0.4, -0.2) is 43.2 Å². The highest BCUT2D eigenvalue weighted by Crippen LogP contribution is 2.26. The molecule has 33 heavy (non-hydrogen) atoms. The molecule has 7 heteroatoms.